The Kier molecular flexibility index (Phi) is 6.79. The number of benzene rings is 3. The van der Waals surface area contributed by atoms with E-state index in [1.54, 1.807) is 18.2 Å². The van der Waals surface area contributed by atoms with E-state index in [4.69, 9.17) is 9.97 Å². The van der Waals surface area contributed by atoms with Crippen LogP contribution in [0.3, 0.4) is 0 Å². The molecule has 0 aliphatic heterocycles. The summed E-state index contributed by atoms with van der Waals surface area (Å²) in [7, 11) is 1.90. The molecule has 0 aliphatic carbocycles. The normalized spacial score (nSPS) is 11.7. The topological polar surface area (TPSA) is 49.8 Å². The van der Waals surface area contributed by atoms with E-state index in [2.05, 4.69) is 10.6 Å². The first-order valence-electron chi connectivity index (χ1n) is 10.9. The summed E-state index contributed by atoms with van der Waals surface area (Å²) >= 11 is 0. The molecule has 0 aliphatic rings. The number of nitrogens with one attached hydrogen (secondary N) is 2. The molecule has 4 nitrogen and oxygen atoms in total. The van der Waals surface area contributed by atoms with Gasteiger partial charge in [-0.2, -0.15) is 13.2 Å². The first-order chi connectivity index (χ1) is 16.3. The van der Waals surface area contributed by atoms with Gasteiger partial charge in [-0.3, -0.25) is 0 Å². The Labute approximate surface area is 195 Å². The number of rotatable bonds is 7. The first-order valence-corrected chi connectivity index (χ1v) is 10.9. The number of aromatic nitrogens is 2. The Bertz CT molecular complexity index is 1320. The molecule has 34 heavy (non-hydrogen) atoms. The van der Waals surface area contributed by atoms with E-state index in [-0.39, 0.29) is 0 Å². The van der Waals surface area contributed by atoms with Crippen LogP contribution in [0.25, 0.3) is 33.4 Å². The minimum Gasteiger partial charge on any atom is -0.369 e. The summed E-state index contributed by atoms with van der Waals surface area (Å²) in [6.07, 6.45) is -3.82. The van der Waals surface area contributed by atoms with Gasteiger partial charge in [0, 0.05) is 17.5 Å². The van der Waals surface area contributed by atoms with Crippen LogP contribution in [0.15, 0.2) is 60.7 Å². The molecular weight excluding hydrogens is 444 g/mol. The molecule has 8 heteroatoms. The predicted molar refractivity (Wildman–Crippen MR) is 127 cm³/mol. The number of para-hydroxylation sites is 1. The largest absolute Gasteiger partial charge is 0.419 e. The zero-order valence-corrected chi connectivity index (χ0v) is 18.8. The summed E-state index contributed by atoms with van der Waals surface area (Å²) in [5.41, 5.74) is 2.13. The standard InChI is InChI=1S/C26H24F4N4/c1-16-6-3-9-20-23(16)33-24(34-25(20)32-13-5-12-31-2)19-8-4-7-17(14-19)18-10-11-21(22(27)15-18)26(28,29)30/h3-4,6-11,14-15,31H,5,12-13H2,1-2H3,(H,32,33,34). The van der Waals surface area contributed by atoms with Gasteiger partial charge in [0.1, 0.15) is 11.6 Å². The lowest BCUT2D eigenvalue weighted by Gasteiger charge is -2.13. The maximum absolute atomic E-state index is 14.1. The van der Waals surface area contributed by atoms with Crippen molar-refractivity contribution in [3.63, 3.8) is 0 Å². The molecular formula is C26H24F4N4. The highest BCUT2D eigenvalue weighted by Crippen LogP contribution is 2.34. The van der Waals surface area contributed by atoms with Crippen LogP contribution < -0.4 is 10.6 Å². The van der Waals surface area contributed by atoms with Gasteiger partial charge in [0.05, 0.1) is 11.1 Å². The molecule has 0 radical (unpaired) electrons. The summed E-state index contributed by atoms with van der Waals surface area (Å²) in [5.74, 6) is -0.112. The molecule has 4 aromatic rings. The van der Waals surface area contributed by atoms with Crippen LogP contribution in [0.5, 0.6) is 0 Å². The number of hydrogen-bond donors (Lipinski definition) is 2. The number of halogens is 4. The molecule has 0 saturated carbocycles. The van der Waals surface area contributed by atoms with E-state index in [1.807, 2.05) is 38.2 Å². The maximum atomic E-state index is 14.1. The van der Waals surface area contributed by atoms with E-state index < -0.39 is 17.6 Å². The lowest BCUT2D eigenvalue weighted by molar-refractivity contribution is -0.139. The van der Waals surface area contributed by atoms with E-state index in [0.29, 0.717) is 28.3 Å². The molecule has 1 heterocycles. The Hall–Kier alpha value is -3.52. The number of nitrogens with zero attached hydrogens (tertiary/aromatic N) is 2. The van der Waals surface area contributed by atoms with E-state index in [0.717, 1.165) is 48.1 Å². The third-order valence-electron chi connectivity index (χ3n) is 5.55. The maximum Gasteiger partial charge on any atom is 0.419 e. The van der Waals surface area contributed by atoms with E-state index >= 15 is 0 Å². The smallest absolute Gasteiger partial charge is 0.369 e. The minimum atomic E-state index is -4.74. The fraction of sp³-hybridized carbons (Fsp3) is 0.231. The predicted octanol–water partition coefficient (Wildman–Crippen LogP) is 6.45. The van der Waals surface area contributed by atoms with Gasteiger partial charge in [0.2, 0.25) is 0 Å². The van der Waals surface area contributed by atoms with Gasteiger partial charge in [-0.15, -0.1) is 0 Å². The van der Waals surface area contributed by atoms with Gasteiger partial charge in [-0.25, -0.2) is 14.4 Å². The van der Waals surface area contributed by atoms with Gasteiger partial charge in [0.15, 0.2) is 5.82 Å². The Morgan fingerprint density at radius 3 is 2.32 bits per heavy atom. The Morgan fingerprint density at radius 2 is 1.59 bits per heavy atom. The van der Waals surface area contributed by atoms with Gasteiger partial charge in [-0.1, -0.05) is 36.4 Å². The van der Waals surface area contributed by atoms with Crippen LogP contribution in [0.2, 0.25) is 0 Å². The van der Waals surface area contributed by atoms with Crippen LogP contribution in [0.1, 0.15) is 17.5 Å². The molecule has 176 valence electrons. The molecule has 4 rings (SSSR count). The van der Waals surface area contributed by atoms with Crippen molar-refractivity contribution in [3.8, 4) is 22.5 Å². The van der Waals surface area contributed by atoms with E-state index in [1.165, 1.54) is 6.07 Å². The average Bonchev–Trinajstić information content (AvgIpc) is 2.81. The van der Waals surface area contributed by atoms with Crippen LogP contribution in [-0.4, -0.2) is 30.1 Å². The zero-order chi connectivity index (χ0) is 24.3. The summed E-state index contributed by atoms with van der Waals surface area (Å²) in [5, 5.41) is 7.41. The Morgan fingerprint density at radius 1 is 0.853 bits per heavy atom. The highest BCUT2D eigenvalue weighted by atomic mass is 19.4. The van der Waals surface area contributed by atoms with Crippen LogP contribution >= 0.6 is 0 Å². The summed E-state index contributed by atoms with van der Waals surface area (Å²) < 4.78 is 52.9. The van der Waals surface area contributed by atoms with Crippen LogP contribution in [-0.2, 0) is 6.18 Å². The van der Waals surface area contributed by atoms with Gasteiger partial charge >= 0.3 is 6.18 Å². The zero-order valence-electron chi connectivity index (χ0n) is 18.8. The summed E-state index contributed by atoms with van der Waals surface area (Å²) in [6.45, 7) is 3.57. The molecule has 2 N–H and O–H groups in total. The van der Waals surface area contributed by atoms with Crippen molar-refractivity contribution < 1.29 is 17.6 Å². The van der Waals surface area contributed by atoms with Crippen molar-refractivity contribution in [3.05, 3.63) is 77.6 Å². The molecule has 0 saturated heterocycles. The van der Waals surface area contributed by atoms with Crippen molar-refractivity contribution in [2.45, 2.75) is 19.5 Å². The van der Waals surface area contributed by atoms with Crippen LogP contribution in [0.4, 0.5) is 23.4 Å². The fourth-order valence-corrected chi connectivity index (χ4v) is 3.79. The number of alkyl halides is 3. The number of anilines is 1. The van der Waals surface area contributed by atoms with Crippen molar-refractivity contribution in [1.29, 1.82) is 0 Å². The second-order valence-corrected chi connectivity index (χ2v) is 8.02. The van der Waals surface area contributed by atoms with Gasteiger partial charge in [-0.05, 0) is 67.9 Å². The monoisotopic (exact) mass is 468 g/mol. The van der Waals surface area contributed by atoms with Crippen LogP contribution in [0, 0.1) is 12.7 Å². The Balaban J connectivity index is 1.74. The molecule has 0 bridgehead atoms. The highest BCUT2D eigenvalue weighted by Gasteiger charge is 2.33. The van der Waals surface area contributed by atoms with Crippen molar-refractivity contribution in [2.24, 2.45) is 0 Å². The van der Waals surface area contributed by atoms with E-state index in [9.17, 15) is 17.6 Å². The lowest BCUT2D eigenvalue weighted by Crippen LogP contribution is -2.14. The third-order valence-corrected chi connectivity index (χ3v) is 5.55. The quantitative estimate of drug-likeness (QED) is 0.242. The number of aryl methyl sites for hydroxylation is 1. The molecule has 0 amide bonds. The average molecular weight is 468 g/mol. The SMILES string of the molecule is CNCCCNc1nc(-c2cccc(-c3ccc(C(F)(F)F)c(F)c3)c2)nc2c(C)cccc12. The van der Waals surface area contributed by atoms with Crippen molar-refractivity contribution >= 4 is 16.7 Å². The molecule has 0 fully saturated rings. The molecule has 3 aromatic carbocycles. The fourth-order valence-electron chi connectivity index (χ4n) is 3.79. The third kappa shape index (κ3) is 5.02. The highest BCUT2D eigenvalue weighted by molar-refractivity contribution is 5.92. The minimum absolute atomic E-state index is 0.342. The second kappa shape index (κ2) is 9.77. The second-order valence-electron chi connectivity index (χ2n) is 8.02. The van der Waals surface area contributed by atoms with Gasteiger partial charge in [0.25, 0.3) is 0 Å². The summed E-state index contributed by atoms with van der Waals surface area (Å²) in [6, 6.07) is 15.9. The van der Waals surface area contributed by atoms with Crippen molar-refractivity contribution in [2.75, 3.05) is 25.5 Å². The summed E-state index contributed by atoms with van der Waals surface area (Å²) in [4.78, 5) is 9.51. The first kappa shape index (κ1) is 23.6. The molecule has 0 spiro atoms. The molecule has 1 aromatic heterocycles. The van der Waals surface area contributed by atoms with Crippen molar-refractivity contribution in [1.82, 2.24) is 15.3 Å². The molecule has 0 unspecified atom stereocenters. The molecule has 0 atom stereocenters. The lowest BCUT2D eigenvalue weighted by atomic mass is 10.0. The van der Waals surface area contributed by atoms with Gasteiger partial charge < -0.3 is 10.6 Å². The number of fused-ring (bicyclic) bond motifs is 1. The number of hydrogen-bond acceptors (Lipinski definition) is 4.